The van der Waals surface area contributed by atoms with Gasteiger partial charge in [0.05, 0.1) is 12.9 Å². The minimum absolute atomic E-state index is 0.0657. The maximum absolute atomic E-state index is 12.0. The lowest BCUT2D eigenvalue weighted by Gasteiger charge is -2.52. The maximum Gasteiger partial charge on any atom is 0.223 e. The van der Waals surface area contributed by atoms with Gasteiger partial charge in [-0.3, -0.25) is 20.0 Å². The van der Waals surface area contributed by atoms with E-state index < -0.39 is 9.84 Å². The molecule has 2 fully saturated rings. The van der Waals surface area contributed by atoms with E-state index in [1.54, 1.807) is 4.90 Å². The van der Waals surface area contributed by atoms with Gasteiger partial charge in [0.1, 0.15) is 21.3 Å². The van der Waals surface area contributed by atoms with Crippen LogP contribution in [0.4, 0.5) is 5.69 Å². The Morgan fingerprint density at radius 2 is 1.96 bits per heavy atom. The topological polar surface area (TPSA) is 99.2 Å². The third kappa shape index (κ3) is 4.53. The van der Waals surface area contributed by atoms with E-state index in [4.69, 9.17) is 4.84 Å². The number of amides is 1. The summed E-state index contributed by atoms with van der Waals surface area (Å²) < 4.78 is 22.3. The predicted octanol–water partition coefficient (Wildman–Crippen LogP) is 0.719. The number of sulfone groups is 1. The number of phenols is 1. The molecule has 2 N–H and O–H groups in total. The highest BCUT2D eigenvalue weighted by atomic mass is 32.2. The quantitative estimate of drug-likeness (QED) is 0.517. The Morgan fingerprint density at radius 1 is 1.30 bits per heavy atom. The predicted molar refractivity (Wildman–Crippen MR) is 102 cm³/mol. The second-order valence-corrected chi connectivity index (χ2v) is 9.78. The summed E-state index contributed by atoms with van der Waals surface area (Å²) in [5.74, 6) is 0.408. The fraction of sp³-hybridized carbons (Fsp3) is 0.611. The monoisotopic (exact) mass is 397 g/mol. The number of carbonyl (C=O) groups is 1. The van der Waals surface area contributed by atoms with E-state index in [1.807, 2.05) is 19.1 Å². The van der Waals surface area contributed by atoms with Gasteiger partial charge in [-0.15, -0.1) is 0 Å². The normalized spacial score (nSPS) is 18.9. The average Bonchev–Trinajstić information content (AvgIpc) is 2.50. The lowest BCUT2D eigenvalue weighted by Crippen LogP contribution is -2.65. The first-order valence-electron chi connectivity index (χ1n) is 9.00. The summed E-state index contributed by atoms with van der Waals surface area (Å²) in [6.07, 6.45) is 1.22. The van der Waals surface area contributed by atoms with Crippen molar-refractivity contribution in [2.24, 2.45) is 0 Å². The summed E-state index contributed by atoms with van der Waals surface area (Å²) in [4.78, 5) is 21.0. The van der Waals surface area contributed by atoms with Gasteiger partial charge in [0.15, 0.2) is 0 Å². The molecule has 1 aromatic carbocycles. The third-order valence-electron chi connectivity index (χ3n) is 5.33. The first kappa shape index (κ1) is 19.9. The minimum Gasteiger partial charge on any atom is -0.505 e. The largest absolute Gasteiger partial charge is 0.505 e. The van der Waals surface area contributed by atoms with Crippen molar-refractivity contribution in [1.29, 1.82) is 0 Å². The Kier molecular flexibility index (Phi) is 5.64. The fourth-order valence-electron chi connectivity index (χ4n) is 3.57. The van der Waals surface area contributed by atoms with Crippen LogP contribution in [-0.4, -0.2) is 80.6 Å². The van der Waals surface area contributed by atoms with Crippen LogP contribution in [0.2, 0.25) is 0 Å². The zero-order chi connectivity index (χ0) is 19.8. The Labute approximate surface area is 160 Å². The summed E-state index contributed by atoms with van der Waals surface area (Å²) in [5, 5.41) is 10.1. The standard InChI is InChI=1S/C18H27N3O5S/c1-12-6-13(7-16(18(12)23)19-26-2)14-8-20(9-14)15-10-21(11-15)17(22)4-5-27(3,24)25/h6-7,14-15,19,23H,4-5,8-11H2,1-3H3. The van der Waals surface area contributed by atoms with Crippen LogP contribution >= 0.6 is 0 Å². The molecule has 0 spiro atoms. The van der Waals surface area contributed by atoms with Gasteiger partial charge < -0.3 is 10.0 Å². The third-order valence-corrected chi connectivity index (χ3v) is 6.28. The van der Waals surface area contributed by atoms with Crippen molar-refractivity contribution in [1.82, 2.24) is 9.80 Å². The summed E-state index contributed by atoms with van der Waals surface area (Å²) in [5.41, 5.74) is 5.23. The highest BCUT2D eigenvalue weighted by Crippen LogP contribution is 2.36. The van der Waals surface area contributed by atoms with E-state index in [1.165, 1.54) is 7.11 Å². The Bertz CT molecular complexity index is 815. The van der Waals surface area contributed by atoms with E-state index >= 15 is 0 Å². The number of nitrogens with zero attached hydrogens (tertiary/aromatic N) is 2. The molecule has 0 saturated carbocycles. The number of hydrogen-bond donors (Lipinski definition) is 2. The van der Waals surface area contributed by atoms with Crippen LogP contribution in [-0.2, 0) is 19.5 Å². The molecule has 27 heavy (non-hydrogen) atoms. The smallest absolute Gasteiger partial charge is 0.223 e. The number of aromatic hydroxyl groups is 1. The van der Waals surface area contributed by atoms with Crippen molar-refractivity contribution in [2.75, 3.05) is 50.8 Å². The van der Waals surface area contributed by atoms with Crippen molar-refractivity contribution >= 4 is 21.4 Å². The molecule has 0 radical (unpaired) electrons. The van der Waals surface area contributed by atoms with E-state index in [-0.39, 0.29) is 23.8 Å². The molecule has 9 heteroatoms. The molecule has 0 aliphatic carbocycles. The number of hydrogen-bond acceptors (Lipinski definition) is 7. The van der Waals surface area contributed by atoms with Gasteiger partial charge >= 0.3 is 0 Å². The lowest BCUT2D eigenvalue weighted by atomic mass is 9.87. The number of benzene rings is 1. The highest BCUT2D eigenvalue weighted by Gasteiger charge is 2.41. The number of nitrogens with one attached hydrogen (secondary N) is 1. The second-order valence-electron chi connectivity index (χ2n) is 7.52. The van der Waals surface area contributed by atoms with E-state index in [0.717, 1.165) is 30.5 Å². The zero-order valence-electron chi connectivity index (χ0n) is 15.9. The first-order chi connectivity index (χ1) is 12.7. The summed E-state index contributed by atoms with van der Waals surface area (Å²) >= 11 is 0. The molecule has 2 aliphatic rings. The first-order valence-corrected chi connectivity index (χ1v) is 11.1. The SMILES string of the molecule is CONc1cc(C2CN(C3CN(C(=O)CCS(C)(=O)=O)C3)C2)cc(C)c1O. The van der Waals surface area contributed by atoms with Gasteiger partial charge in [-0.25, -0.2) is 8.42 Å². The molecule has 0 unspecified atom stereocenters. The number of likely N-dealkylation sites (tertiary alicyclic amines) is 2. The fourth-order valence-corrected chi connectivity index (χ4v) is 4.12. The van der Waals surface area contributed by atoms with Crippen molar-refractivity contribution < 1.29 is 23.2 Å². The van der Waals surface area contributed by atoms with Gasteiger partial charge in [0.25, 0.3) is 0 Å². The number of rotatable bonds is 7. The molecular formula is C18H27N3O5S. The van der Waals surface area contributed by atoms with Crippen LogP contribution in [0.25, 0.3) is 0 Å². The Morgan fingerprint density at radius 3 is 2.56 bits per heavy atom. The van der Waals surface area contributed by atoms with Gasteiger partial charge in [-0.2, -0.15) is 0 Å². The molecule has 0 aromatic heterocycles. The van der Waals surface area contributed by atoms with Gasteiger partial charge in [-0.1, -0.05) is 6.07 Å². The summed E-state index contributed by atoms with van der Waals surface area (Å²) in [6, 6.07) is 4.26. The van der Waals surface area contributed by atoms with E-state index in [2.05, 4.69) is 10.4 Å². The van der Waals surface area contributed by atoms with Crippen LogP contribution in [0.5, 0.6) is 5.75 Å². The number of aryl methyl sites for hydroxylation is 1. The molecule has 2 aliphatic heterocycles. The molecule has 3 rings (SSSR count). The molecule has 2 saturated heterocycles. The van der Waals surface area contributed by atoms with Crippen LogP contribution in [0.1, 0.15) is 23.5 Å². The molecule has 0 bridgehead atoms. The van der Waals surface area contributed by atoms with Crippen molar-refractivity contribution in [2.45, 2.75) is 25.3 Å². The average molecular weight is 397 g/mol. The Hall–Kier alpha value is -1.84. The lowest BCUT2D eigenvalue weighted by molar-refractivity contribution is -0.139. The molecular weight excluding hydrogens is 370 g/mol. The van der Waals surface area contributed by atoms with Crippen molar-refractivity contribution in [3.8, 4) is 5.75 Å². The zero-order valence-corrected chi connectivity index (χ0v) is 16.8. The van der Waals surface area contributed by atoms with E-state index in [9.17, 15) is 18.3 Å². The molecule has 2 heterocycles. The van der Waals surface area contributed by atoms with Crippen LogP contribution < -0.4 is 5.48 Å². The van der Waals surface area contributed by atoms with Gasteiger partial charge in [0.2, 0.25) is 5.91 Å². The van der Waals surface area contributed by atoms with Crippen LogP contribution in [0.15, 0.2) is 12.1 Å². The molecule has 8 nitrogen and oxygen atoms in total. The van der Waals surface area contributed by atoms with Crippen LogP contribution in [0.3, 0.4) is 0 Å². The Balaban J connectivity index is 1.48. The number of carbonyl (C=O) groups excluding carboxylic acids is 1. The summed E-state index contributed by atoms with van der Waals surface area (Å²) in [7, 11) is -1.60. The number of phenolic OH excluding ortho intramolecular Hbond substituents is 1. The van der Waals surface area contributed by atoms with E-state index in [0.29, 0.717) is 30.7 Å². The highest BCUT2D eigenvalue weighted by molar-refractivity contribution is 7.90. The van der Waals surface area contributed by atoms with Gasteiger partial charge in [-0.05, 0) is 24.1 Å². The molecule has 1 amide bonds. The summed E-state index contributed by atoms with van der Waals surface area (Å²) in [6.45, 7) is 5.02. The van der Waals surface area contributed by atoms with Crippen LogP contribution in [0, 0.1) is 6.92 Å². The molecule has 0 atom stereocenters. The minimum atomic E-state index is -3.10. The maximum atomic E-state index is 12.0. The molecule has 150 valence electrons. The second kappa shape index (κ2) is 7.65. The van der Waals surface area contributed by atoms with Crippen molar-refractivity contribution in [3.05, 3.63) is 23.3 Å². The molecule has 1 aromatic rings. The van der Waals surface area contributed by atoms with Gasteiger partial charge in [0, 0.05) is 50.8 Å². The number of anilines is 1. The van der Waals surface area contributed by atoms with Crippen molar-refractivity contribution in [3.63, 3.8) is 0 Å².